The molecule has 4 rings (SSSR count). The second-order valence-electron chi connectivity index (χ2n) is 7.86. The number of nitrogens with zero attached hydrogens (tertiary/aromatic N) is 1. The fourth-order valence-corrected chi connectivity index (χ4v) is 4.04. The number of aromatic nitrogens is 1. The lowest BCUT2D eigenvalue weighted by molar-refractivity contribution is 0.102. The van der Waals surface area contributed by atoms with Gasteiger partial charge in [-0.15, -0.1) is 0 Å². The van der Waals surface area contributed by atoms with Crippen LogP contribution in [-0.2, 0) is 0 Å². The number of anilines is 1. The van der Waals surface area contributed by atoms with E-state index in [0.29, 0.717) is 28.8 Å². The van der Waals surface area contributed by atoms with E-state index in [1.165, 1.54) is 24.8 Å². The lowest BCUT2D eigenvalue weighted by Gasteiger charge is -2.12. The number of benzene rings is 3. The quantitative estimate of drug-likeness (QED) is 0.329. The van der Waals surface area contributed by atoms with Gasteiger partial charge in [0.1, 0.15) is 5.52 Å². The van der Waals surface area contributed by atoms with E-state index in [0.717, 1.165) is 22.2 Å². The molecule has 0 unspecified atom stereocenters. The molecule has 0 aliphatic heterocycles. The number of ether oxygens (including phenoxy) is 1. The second kappa shape index (κ2) is 8.85. The molecule has 0 saturated heterocycles. The molecule has 1 N–H and O–H groups in total. The number of carbonyl (C=O) groups excluding carboxylic acids is 1. The van der Waals surface area contributed by atoms with Crippen molar-refractivity contribution in [1.82, 2.24) is 4.98 Å². The molecule has 164 valence electrons. The Morgan fingerprint density at radius 3 is 2.44 bits per heavy atom. The van der Waals surface area contributed by atoms with Crippen molar-refractivity contribution in [3.63, 3.8) is 0 Å². The molecule has 0 aliphatic rings. The van der Waals surface area contributed by atoms with Gasteiger partial charge in [0, 0.05) is 16.8 Å². The van der Waals surface area contributed by atoms with Crippen molar-refractivity contribution in [2.24, 2.45) is 0 Å². The molecule has 3 aromatic carbocycles. The summed E-state index contributed by atoms with van der Waals surface area (Å²) in [6, 6.07) is 14.7. The normalized spacial score (nSPS) is 11.2. The molecule has 0 aliphatic carbocycles. The zero-order valence-electron chi connectivity index (χ0n) is 18.1. The largest absolute Gasteiger partial charge is 0.494 e. The van der Waals surface area contributed by atoms with Gasteiger partial charge in [-0.3, -0.25) is 4.79 Å². The van der Waals surface area contributed by atoms with Crippen LogP contribution < -0.4 is 10.1 Å². The van der Waals surface area contributed by atoms with Crippen molar-refractivity contribution in [2.45, 2.75) is 26.7 Å². The number of hydrogen-bond donors (Lipinski definition) is 1. The van der Waals surface area contributed by atoms with Crippen LogP contribution in [0.1, 0.15) is 41.3 Å². The van der Waals surface area contributed by atoms with Crippen LogP contribution in [0.3, 0.4) is 0 Å². The predicted molar refractivity (Wildman–Crippen MR) is 129 cm³/mol. The first-order valence-electron chi connectivity index (χ1n) is 10.1. The lowest BCUT2D eigenvalue weighted by atomic mass is 10.0. The zero-order valence-corrected chi connectivity index (χ0v) is 19.6. The molecular weight excluding hydrogens is 447 g/mol. The number of oxazole rings is 1. The van der Waals surface area contributed by atoms with Crippen molar-refractivity contribution < 1.29 is 13.9 Å². The summed E-state index contributed by atoms with van der Waals surface area (Å²) in [7, 11) is 1.47. The highest BCUT2D eigenvalue weighted by Gasteiger charge is 2.16. The van der Waals surface area contributed by atoms with Gasteiger partial charge >= 0.3 is 0 Å². The molecule has 7 heteroatoms. The summed E-state index contributed by atoms with van der Waals surface area (Å²) in [6.07, 6.45) is 0. The van der Waals surface area contributed by atoms with E-state index in [9.17, 15) is 4.79 Å². The van der Waals surface area contributed by atoms with Crippen LogP contribution >= 0.6 is 23.2 Å². The summed E-state index contributed by atoms with van der Waals surface area (Å²) >= 11 is 12.4. The van der Waals surface area contributed by atoms with Gasteiger partial charge in [-0.2, -0.15) is 0 Å². The number of amides is 1. The van der Waals surface area contributed by atoms with Gasteiger partial charge in [-0.25, -0.2) is 4.98 Å². The monoisotopic (exact) mass is 468 g/mol. The van der Waals surface area contributed by atoms with Crippen molar-refractivity contribution >= 4 is 45.9 Å². The summed E-state index contributed by atoms with van der Waals surface area (Å²) in [6.45, 7) is 6.19. The summed E-state index contributed by atoms with van der Waals surface area (Å²) in [5, 5.41) is 3.45. The highest BCUT2D eigenvalue weighted by atomic mass is 35.5. The number of methoxy groups -OCH3 is 1. The average Bonchev–Trinajstić information content (AvgIpc) is 3.18. The molecule has 1 heterocycles. The Bertz CT molecular complexity index is 1310. The Morgan fingerprint density at radius 2 is 1.78 bits per heavy atom. The van der Waals surface area contributed by atoms with E-state index in [1.807, 2.05) is 43.3 Å². The molecular formula is C25H22Cl2N2O3. The summed E-state index contributed by atoms with van der Waals surface area (Å²) in [4.78, 5) is 17.5. The number of halogens is 2. The first kappa shape index (κ1) is 22.2. The first-order chi connectivity index (χ1) is 15.3. The van der Waals surface area contributed by atoms with E-state index >= 15 is 0 Å². The fraction of sp³-hybridized carbons (Fsp3) is 0.200. The smallest absolute Gasteiger partial charge is 0.255 e. The number of fused-ring (bicyclic) bond motifs is 1. The van der Waals surface area contributed by atoms with E-state index in [-0.39, 0.29) is 16.0 Å². The SMILES string of the molecule is COc1c(Cl)cc(C(=O)Nc2cc(-c3nc4cc(C(C)C)ccc4o3)ccc2C)cc1Cl. The summed E-state index contributed by atoms with van der Waals surface area (Å²) in [5.41, 5.74) is 5.35. The van der Waals surface area contributed by atoms with Gasteiger partial charge in [-0.1, -0.05) is 49.2 Å². The number of aryl methyl sites for hydroxylation is 1. The van der Waals surface area contributed by atoms with Crippen LogP contribution in [0.25, 0.3) is 22.6 Å². The third-order valence-electron chi connectivity index (χ3n) is 5.28. The number of rotatable bonds is 5. The lowest BCUT2D eigenvalue weighted by Crippen LogP contribution is -2.13. The average molecular weight is 469 g/mol. The molecule has 1 amide bonds. The first-order valence-corrected chi connectivity index (χ1v) is 10.9. The second-order valence-corrected chi connectivity index (χ2v) is 8.67. The van der Waals surface area contributed by atoms with Crippen molar-refractivity contribution in [3.05, 3.63) is 75.3 Å². The number of nitrogens with one attached hydrogen (secondary N) is 1. The molecule has 0 spiro atoms. The molecule has 0 atom stereocenters. The molecule has 0 bridgehead atoms. The molecule has 1 aromatic heterocycles. The predicted octanol–water partition coefficient (Wildman–Crippen LogP) is 7.49. The van der Waals surface area contributed by atoms with Crippen LogP contribution in [-0.4, -0.2) is 18.0 Å². The van der Waals surface area contributed by atoms with Gasteiger partial charge in [0.05, 0.1) is 17.2 Å². The Kier molecular flexibility index (Phi) is 6.13. The van der Waals surface area contributed by atoms with Gasteiger partial charge in [0.2, 0.25) is 5.89 Å². The Balaban J connectivity index is 1.65. The topological polar surface area (TPSA) is 64.4 Å². The third-order valence-corrected chi connectivity index (χ3v) is 5.84. The van der Waals surface area contributed by atoms with Crippen molar-refractivity contribution in [3.8, 4) is 17.2 Å². The van der Waals surface area contributed by atoms with Crippen LogP contribution in [0.15, 0.2) is 52.9 Å². The molecule has 32 heavy (non-hydrogen) atoms. The molecule has 0 saturated carbocycles. The van der Waals surface area contributed by atoms with E-state index in [4.69, 9.17) is 32.4 Å². The van der Waals surface area contributed by atoms with Crippen LogP contribution in [0.4, 0.5) is 5.69 Å². The minimum absolute atomic E-state index is 0.267. The number of carbonyl (C=O) groups is 1. The van der Waals surface area contributed by atoms with Crippen LogP contribution in [0.2, 0.25) is 10.0 Å². The Hall–Kier alpha value is -3.02. The minimum atomic E-state index is -0.337. The fourth-order valence-electron chi connectivity index (χ4n) is 3.40. The van der Waals surface area contributed by atoms with Crippen LogP contribution in [0.5, 0.6) is 5.75 Å². The van der Waals surface area contributed by atoms with Gasteiger partial charge in [0.25, 0.3) is 5.91 Å². The molecule has 5 nitrogen and oxygen atoms in total. The Morgan fingerprint density at radius 1 is 1.06 bits per heavy atom. The Labute approximate surface area is 196 Å². The van der Waals surface area contributed by atoms with E-state index in [1.54, 1.807) is 0 Å². The highest BCUT2D eigenvalue weighted by Crippen LogP contribution is 2.34. The van der Waals surface area contributed by atoms with E-state index < -0.39 is 0 Å². The number of hydrogen-bond acceptors (Lipinski definition) is 4. The standard InChI is InChI=1S/C25H22Cl2N2O3/c1-13(2)15-7-8-22-21(11-15)29-25(32-22)16-6-5-14(3)20(12-16)28-24(30)17-9-18(26)23(31-4)19(27)10-17/h5-13H,1-4H3,(H,28,30). The van der Waals surface area contributed by atoms with Gasteiger partial charge in [-0.05, 0) is 60.4 Å². The van der Waals surface area contributed by atoms with Crippen LogP contribution in [0, 0.1) is 6.92 Å². The van der Waals surface area contributed by atoms with Crippen molar-refractivity contribution in [1.29, 1.82) is 0 Å². The third kappa shape index (κ3) is 4.31. The maximum absolute atomic E-state index is 12.9. The molecule has 0 radical (unpaired) electrons. The van der Waals surface area contributed by atoms with Crippen molar-refractivity contribution in [2.75, 3.05) is 12.4 Å². The zero-order chi connectivity index (χ0) is 23.0. The van der Waals surface area contributed by atoms with E-state index in [2.05, 4.69) is 24.1 Å². The maximum atomic E-state index is 12.9. The summed E-state index contributed by atoms with van der Waals surface area (Å²) in [5.74, 6) is 0.892. The maximum Gasteiger partial charge on any atom is 0.255 e. The summed E-state index contributed by atoms with van der Waals surface area (Å²) < 4.78 is 11.1. The minimum Gasteiger partial charge on any atom is -0.494 e. The van der Waals surface area contributed by atoms with Gasteiger partial charge in [0.15, 0.2) is 11.3 Å². The highest BCUT2D eigenvalue weighted by molar-refractivity contribution is 6.37. The van der Waals surface area contributed by atoms with Gasteiger partial charge < -0.3 is 14.5 Å². The molecule has 0 fully saturated rings. The molecule has 4 aromatic rings.